The molecule has 76 valence electrons. The van der Waals surface area contributed by atoms with Crippen LogP contribution in [0, 0.1) is 0 Å². The van der Waals surface area contributed by atoms with Crippen molar-refractivity contribution in [1.82, 2.24) is 0 Å². The van der Waals surface area contributed by atoms with E-state index in [0.29, 0.717) is 6.42 Å². The average molecular weight is 188 g/mol. The summed E-state index contributed by atoms with van der Waals surface area (Å²) in [4.78, 5) is 21.2. The fourth-order valence-corrected chi connectivity index (χ4v) is 1.64. The molecule has 1 unspecified atom stereocenters. The van der Waals surface area contributed by atoms with Gasteiger partial charge in [0, 0.05) is 6.42 Å². The molecule has 4 nitrogen and oxygen atoms in total. The molecule has 0 amide bonds. The molecule has 0 bridgehead atoms. The Kier molecular flexibility index (Phi) is 2.63. The summed E-state index contributed by atoms with van der Waals surface area (Å²) < 4.78 is 4.57. The third-order valence-corrected chi connectivity index (χ3v) is 2.01. The maximum absolute atomic E-state index is 11.0. The van der Waals surface area contributed by atoms with E-state index >= 15 is 0 Å². The summed E-state index contributed by atoms with van der Waals surface area (Å²) in [7, 11) is 1.37. The Bertz CT molecular complexity index is 212. The van der Waals surface area contributed by atoms with Crippen LogP contribution in [0.1, 0.15) is 33.6 Å². The summed E-state index contributed by atoms with van der Waals surface area (Å²) in [6.07, 6.45) is 0.919. The molecule has 0 saturated carbocycles. The second-order valence-electron chi connectivity index (χ2n) is 4.31. The van der Waals surface area contributed by atoms with Gasteiger partial charge in [0.2, 0.25) is 0 Å². The summed E-state index contributed by atoms with van der Waals surface area (Å²) in [6, 6.07) is 0. The normalized spacial score (nSPS) is 31.7. The van der Waals surface area contributed by atoms with Gasteiger partial charge in [-0.1, -0.05) is 0 Å². The maximum Gasteiger partial charge on any atom is 0.308 e. The Hall–Kier alpha value is -0.610. The lowest BCUT2D eigenvalue weighted by Crippen LogP contribution is -2.29. The molecule has 1 fully saturated rings. The number of carbonyl (C=O) groups is 1. The van der Waals surface area contributed by atoms with Gasteiger partial charge in [0.1, 0.15) is 11.2 Å². The molecule has 0 aromatic heterocycles. The molecule has 1 heterocycles. The highest BCUT2D eigenvalue weighted by Gasteiger charge is 2.44. The third-order valence-electron chi connectivity index (χ3n) is 2.01. The minimum atomic E-state index is -0.545. The van der Waals surface area contributed by atoms with Crippen LogP contribution in [0.5, 0.6) is 0 Å². The van der Waals surface area contributed by atoms with E-state index in [1.165, 1.54) is 7.11 Å². The van der Waals surface area contributed by atoms with E-state index < -0.39 is 5.60 Å². The second kappa shape index (κ2) is 3.27. The Balaban J connectivity index is 2.55. The predicted octanol–water partition coefficient (Wildman–Crippen LogP) is 1.44. The van der Waals surface area contributed by atoms with Gasteiger partial charge in [0.05, 0.1) is 13.5 Å². The lowest BCUT2D eigenvalue weighted by Gasteiger charge is -2.18. The van der Waals surface area contributed by atoms with Gasteiger partial charge >= 0.3 is 5.97 Å². The number of hydrogen-bond donors (Lipinski definition) is 0. The van der Waals surface area contributed by atoms with E-state index in [9.17, 15) is 4.79 Å². The Morgan fingerprint density at radius 2 is 2.00 bits per heavy atom. The van der Waals surface area contributed by atoms with Crippen molar-refractivity contribution >= 4 is 5.97 Å². The monoisotopic (exact) mass is 188 g/mol. The van der Waals surface area contributed by atoms with Crippen LogP contribution >= 0.6 is 0 Å². The second-order valence-corrected chi connectivity index (χ2v) is 4.31. The van der Waals surface area contributed by atoms with E-state index in [1.807, 2.05) is 20.8 Å². The van der Waals surface area contributed by atoms with E-state index in [-0.39, 0.29) is 18.0 Å². The van der Waals surface area contributed by atoms with Crippen LogP contribution in [-0.4, -0.2) is 24.3 Å². The van der Waals surface area contributed by atoms with E-state index in [0.717, 1.165) is 0 Å². The maximum atomic E-state index is 11.0. The molecule has 1 saturated heterocycles. The minimum Gasteiger partial charge on any atom is -0.469 e. The van der Waals surface area contributed by atoms with Crippen LogP contribution in [0.2, 0.25) is 0 Å². The SMILES string of the molecule is COC(=O)CC1(C)CC(C)(C)OO1. The molecule has 0 spiro atoms. The highest BCUT2D eigenvalue weighted by molar-refractivity contribution is 5.70. The zero-order valence-electron chi connectivity index (χ0n) is 8.55. The molecule has 13 heavy (non-hydrogen) atoms. The van der Waals surface area contributed by atoms with Crippen LogP contribution in [0.15, 0.2) is 0 Å². The van der Waals surface area contributed by atoms with Gasteiger partial charge in [-0.25, -0.2) is 9.78 Å². The first-order chi connectivity index (χ1) is 5.87. The van der Waals surface area contributed by atoms with Gasteiger partial charge in [0.15, 0.2) is 0 Å². The third kappa shape index (κ3) is 2.67. The number of carbonyl (C=O) groups excluding carboxylic acids is 1. The first-order valence-corrected chi connectivity index (χ1v) is 4.31. The molecule has 4 heteroatoms. The van der Waals surface area contributed by atoms with Crippen LogP contribution in [0.25, 0.3) is 0 Å². The number of rotatable bonds is 2. The number of esters is 1. The highest BCUT2D eigenvalue weighted by Crippen LogP contribution is 2.37. The summed E-state index contributed by atoms with van der Waals surface area (Å²) in [5, 5.41) is 0. The predicted molar refractivity (Wildman–Crippen MR) is 45.9 cm³/mol. The van der Waals surface area contributed by atoms with Crippen LogP contribution in [-0.2, 0) is 19.3 Å². The molecular weight excluding hydrogens is 172 g/mol. The standard InChI is InChI=1S/C9H16O4/c1-8(2)6-9(3,13-12-8)5-7(10)11-4/h5-6H2,1-4H3. The lowest BCUT2D eigenvalue weighted by molar-refractivity contribution is -0.341. The van der Waals surface area contributed by atoms with Crippen molar-refractivity contribution in [3.63, 3.8) is 0 Å². The van der Waals surface area contributed by atoms with Gasteiger partial charge in [0.25, 0.3) is 0 Å². The molecule has 0 aliphatic carbocycles. The number of hydrogen-bond acceptors (Lipinski definition) is 4. The molecule has 0 radical (unpaired) electrons. The van der Waals surface area contributed by atoms with E-state index in [2.05, 4.69) is 4.74 Å². The van der Waals surface area contributed by atoms with Crippen molar-refractivity contribution in [2.45, 2.75) is 44.8 Å². The Morgan fingerprint density at radius 1 is 1.38 bits per heavy atom. The topological polar surface area (TPSA) is 44.8 Å². The first-order valence-electron chi connectivity index (χ1n) is 4.31. The molecule has 0 aromatic rings. The Morgan fingerprint density at radius 3 is 2.38 bits per heavy atom. The van der Waals surface area contributed by atoms with Gasteiger partial charge in [-0.15, -0.1) is 0 Å². The largest absolute Gasteiger partial charge is 0.469 e. The zero-order valence-corrected chi connectivity index (χ0v) is 8.55. The molecule has 1 atom stereocenters. The van der Waals surface area contributed by atoms with E-state index in [1.54, 1.807) is 0 Å². The molecule has 0 aromatic carbocycles. The van der Waals surface area contributed by atoms with Crippen LogP contribution in [0.3, 0.4) is 0 Å². The zero-order chi connectivity index (χ0) is 10.1. The van der Waals surface area contributed by atoms with Gasteiger partial charge < -0.3 is 4.74 Å². The summed E-state index contributed by atoms with van der Waals surface area (Å²) in [5.41, 5.74) is -0.862. The van der Waals surface area contributed by atoms with Crippen molar-refractivity contribution < 1.29 is 19.3 Å². The fourth-order valence-electron chi connectivity index (χ4n) is 1.64. The fraction of sp³-hybridized carbons (Fsp3) is 0.889. The van der Waals surface area contributed by atoms with Crippen LogP contribution < -0.4 is 0 Å². The minimum absolute atomic E-state index is 0.229. The van der Waals surface area contributed by atoms with Crippen molar-refractivity contribution in [3.05, 3.63) is 0 Å². The van der Waals surface area contributed by atoms with Gasteiger partial charge in [-0.3, -0.25) is 4.79 Å². The number of methoxy groups -OCH3 is 1. The lowest BCUT2D eigenvalue weighted by atomic mass is 9.89. The molecule has 0 N–H and O–H groups in total. The molecule has 1 aliphatic heterocycles. The van der Waals surface area contributed by atoms with Crippen LogP contribution in [0.4, 0.5) is 0 Å². The van der Waals surface area contributed by atoms with Gasteiger partial charge in [-0.2, -0.15) is 0 Å². The average Bonchev–Trinajstić information content (AvgIpc) is 2.25. The highest BCUT2D eigenvalue weighted by atomic mass is 17.2. The first kappa shape index (κ1) is 10.5. The van der Waals surface area contributed by atoms with Crippen molar-refractivity contribution in [2.24, 2.45) is 0 Å². The number of ether oxygens (including phenoxy) is 1. The smallest absolute Gasteiger partial charge is 0.308 e. The molecule has 1 rings (SSSR count). The van der Waals surface area contributed by atoms with Crippen molar-refractivity contribution in [2.75, 3.05) is 7.11 Å². The molecule has 1 aliphatic rings. The van der Waals surface area contributed by atoms with E-state index in [4.69, 9.17) is 9.78 Å². The van der Waals surface area contributed by atoms with Crippen molar-refractivity contribution in [1.29, 1.82) is 0 Å². The summed E-state index contributed by atoms with van der Waals surface area (Å²) >= 11 is 0. The summed E-state index contributed by atoms with van der Waals surface area (Å²) in [5.74, 6) is -0.274. The van der Waals surface area contributed by atoms with Gasteiger partial charge in [-0.05, 0) is 20.8 Å². The Labute approximate surface area is 78.1 Å². The molecular formula is C9H16O4. The van der Waals surface area contributed by atoms with Crippen molar-refractivity contribution in [3.8, 4) is 0 Å². The summed E-state index contributed by atoms with van der Waals surface area (Å²) in [6.45, 7) is 5.70. The quantitative estimate of drug-likeness (QED) is 0.486.